The standard InChI is InChI=1S/C26H24Cl3F4N5O2S/c1-38(2)20-12-24(14-4-3-5-15(8-14)26(31,32)33)22(25(24,28)29)11-19(20)36-18-10-17(30)21(9-16(18)27)41(39,40)37-23-6-7-34-13-35-23/h3-10,13,19-20,22,36H,11-12H2,1-2H3,(H,34,35,37)/t19-,20-,22+,24+/m0/s1. The molecule has 3 aromatic rings. The van der Waals surface area contributed by atoms with Gasteiger partial charge in [0.15, 0.2) is 0 Å². The molecular formula is C26H24Cl3F4N5O2S. The molecular weight excluding hydrogens is 629 g/mol. The lowest BCUT2D eigenvalue weighted by atomic mass is 9.77. The summed E-state index contributed by atoms with van der Waals surface area (Å²) < 4.78 is 82.1. The second-order valence-electron chi connectivity index (χ2n) is 10.4. The Bertz CT molecular complexity index is 1580. The van der Waals surface area contributed by atoms with Gasteiger partial charge in [0.1, 0.15) is 27.2 Å². The minimum atomic E-state index is -4.52. The number of anilines is 2. The second kappa shape index (κ2) is 10.4. The Morgan fingerprint density at radius 3 is 2.49 bits per heavy atom. The van der Waals surface area contributed by atoms with Crippen molar-refractivity contribution in [1.82, 2.24) is 14.9 Å². The minimum absolute atomic E-state index is 0.0481. The van der Waals surface area contributed by atoms with Gasteiger partial charge in [0.2, 0.25) is 0 Å². The first-order chi connectivity index (χ1) is 19.1. The molecule has 2 aliphatic carbocycles. The highest BCUT2D eigenvalue weighted by Gasteiger charge is 2.78. The molecule has 5 rings (SSSR count). The van der Waals surface area contributed by atoms with E-state index < -0.39 is 54.2 Å². The molecule has 0 aliphatic heterocycles. The number of nitrogens with one attached hydrogen (secondary N) is 2. The van der Waals surface area contributed by atoms with Gasteiger partial charge in [0.25, 0.3) is 10.0 Å². The number of nitrogens with zero attached hydrogens (tertiary/aromatic N) is 3. The predicted molar refractivity (Wildman–Crippen MR) is 149 cm³/mol. The second-order valence-corrected chi connectivity index (χ2v) is 13.9. The summed E-state index contributed by atoms with van der Waals surface area (Å²) in [5.74, 6) is -1.51. The molecule has 2 aliphatic rings. The van der Waals surface area contributed by atoms with E-state index in [1.165, 1.54) is 18.3 Å². The number of hydrogen-bond acceptors (Lipinski definition) is 6. The number of halogens is 7. The summed E-state index contributed by atoms with van der Waals surface area (Å²) in [6.07, 6.45) is -1.42. The number of hydrogen-bond donors (Lipinski definition) is 2. The van der Waals surface area contributed by atoms with E-state index in [9.17, 15) is 21.6 Å². The fourth-order valence-electron chi connectivity index (χ4n) is 5.81. The lowest BCUT2D eigenvalue weighted by Gasteiger charge is -2.40. The first-order valence-electron chi connectivity index (χ1n) is 12.3. The average Bonchev–Trinajstić information content (AvgIpc) is 3.39. The van der Waals surface area contributed by atoms with Gasteiger partial charge in [-0.2, -0.15) is 13.2 Å². The Morgan fingerprint density at radius 1 is 1.12 bits per heavy atom. The highest BCUT2D eigenvalue weighted by molar-refractivity contribution is 7.92. The number of alkyl halides is 5. The normalized spacial score (nSPS) is 25.5. The van der Waals surface area contributed by atoms with Gasteiger partial charge in [-0.1, -0.05) is 29.8 Å². The van der Waals surface area contributed by atoms with Crippen molar-refractivity contribution in [2.45, 2.75) is 45.7 Å². The lowest BCUT2D eigenvalue weighted by Crippen LogP contribution is -2.49. The van der Waals surface area contributed by atoms with Crippen LogP contribution in [0.4, 0.5) is 29.1 Å². The summed E-state index contributed by atoms with van der Waals surface area (Å²) in [5, 5.41) is 3.15. The quantitative estimate of drug-likeness (QED) is 0.229. The van der Waals surface area contributed by atoms with Gasteiger partial charge in [-0.15, -0.1) is 23.2 Å². The van der Waals surface area contributed by atoms with Crippen LogP contribution >= 0.6 is 34.8 Å². The van der Waals surface area contributed by atoms with Crippen molar-refractivity contribution in [3.63, 3.8) is 0 Å². The van der Waals surface area contributed by atoms with E-state index in [1.807, 2.05) is 19.0 Å². The molecule has 2 aromatic carbocycles. The van der Waals surface area contributed by atoms with Gasteiger partial charge in [-0.3, -0.25) is 4.72 Å². The molecule has 220 valence electrons. The molecule has 2 N–H and O–H groups in total. The summed E-state index contributed by atoms with van der Waals surface area (Å²) >= 11 is 20.0. The van der Waals surface area contributed by atoms with Crippen LogP contribution in [0.5, 0.6) is 0 Å². The van der Waals surface area contributed by atoms with Crippen LogP contribution in [0.1, 0.15) is 24.0 Å². The zero-order valence-corrected chi connectivity index (χ0v) is 24.6. The van der Waals surface area contributed by atoms with Crippen LogP contribution in [0, 0.1) is 11.7 Å². The molecule has 1 heterocycles. The van der Waals surface area contributed by atoms with Crippen molar-refractivity contribution in [2.24, 2.45) is 5.92 Å². The van der Waals surface area contributed by atoms with Gasteiger partial charge in [-0.05, 0) is 56.8 Å². The topological polar surface area (TPSA) is 87.2 Å². The third-order valence-corrected chi connectivity index (χ3v) is 10.8. The highest BCUT2D eigenvalue weighted by atomic mass is 35.5. The minimum Gasteiger partial charge on any atom is -0.379 e. The van der Waals surface area contributed by atoms with E-state index in [0.717, 1.165) is 30.6 Å². The monoisotopic (exact) mass is 651 g/mol. The Labute approximate surface area is 249 Å². The van der Waals surface area contributed by atoms with Gasteiger partial charge in [0.05, 0.1) is 16.3 Å². The highest BCUT2D eigenvalue weighted by Crippen LogP contribution is 2.75. The summed E-state index contributed by atoms with van der Waals surface area (Å²) in [5.41, 5.74) is -1.16. The molecule has 41 heavy (non-hydrogen) atoms. The van der Waals surface area contributed by atoms with Crippen LogP contribution < -0.4 is 10.0 Å². The van der Waals surface area contributed by atoms with Crippen LogP contribution in [0.3, 0.4) is 0 Å². The first kappa shape index (κ1) is 30.1. The van der Waals surface area contributed by atoms with E-state index in [-0.39, 0.29) is 22.6 Å². The Balaban J connectivity index is 1.43. The molecule has 2 saturated carbocycles. The maximum Gasteiger partial charge on any atom is 0.416 e. The predicted octanol–water partition coefficient (Wildman–Crippen LogP) is 6.33. The van der Waals surface area contributed by atoms with Gasteiger partial charge < -0.3 is 10.2 Å². The fourth-order valence-corrected chi connectivity index (χ4v) is 8.27. The fraction of sp³-hybridized carbons (Fsp3) is 0.385. The summed E-state index contributed by atoms with van der Waals surface area (Å²) in [4.78, 5) is 8.69. The van der Waals surface area contributed by atoms with Gasteiger partial charge in [0, 0.05) is 29.6 Å². The van der Waals surface area contributed by atoms with Crippen molar-refractivity contribution in [2.75, 3.05) is 24.1 Å². The largest absolute Gasteiger partial charge is 0.416 e. The smallest absolute Gasteiger partial charge is 0.379 e. The molecule has 0 bridgehead atoms. The number of rotatable bonds is 7. The molecule has 1 aromatic heterocycles. The molecule has 4 atom stereocenters. The number of likely N-dealkylation sites (N-methyl/N-ethyl adjacent to an activating group) is 1. The molecule has 7 nitrogen and oxygen atoms in total. The first-order valence-corrected chi connectivity index (χ1v) is 15.0. The molecule has 0 amide bonds. The molecule has 0 spiro atoms. The Hall–Kier alpha value is -2.38. The van der Waals surface area contributed by atoms with Crippen molar-refractivity contribution in [3.8, 4) is 0 Å². The average molecular weight is 653 g/mol. The van der Waals surface area contributed by atoms with E-state index in [0.29, 0.717) is 18.4 Å². The summed E-state index contributed by atoms with van der Waals surface area (Å²) in [7, 11) is -0.745. The van der Waals surface area contributed by atoms with Crippen LogP contribution in [-0.2, 0) is 21.6 Å². The number of benzene rings is 2. The van der Waals surface area contributed by atoms with E-state index in [1.54, 1.807) is 6.07 Å². The number of fused-ring (bicyclic) bond motifs is 1. The van der Waals surface area contributed by atoms with Gasteiger partial charge >= 0.3 is 6.18 Å². The van der Waals surface area contributed by atoms with Crippen molar-refractivity contribution < 1.29 is 26.0 Å². The number of sulfonamides is 1. The van der Waals surface area contributed by atoms with Crippen LogP contribution in [0.2, 0.25) is 5.02 Å². The SMILES string of the molecule is CN(C)[C@H]1C[C@@]2(c3cccc(C(F)(F)F)c3)[C@@H](C[C@@H]1Nc1cc(F)c(S(=O)(=O)Nc3ccncn3)cc1Cl)C2(Cl)Cl. The zero-order valence-electron chi connectivity index (χ0n) is 21.6. The third-order valence-electron chi connectivity index (χ3n) is 7.87. The van der Waals surface area contributed by atoms with Crippen molar-refractivity contribution in [3.05, 3.63) is 77.0 Å². The van der Waals surface area contributed by atoms with Crippen molar-refractivity contribution >= 4 is 56.3 Å². The van der Waals surface area contributed by atoms with E-state index in [4.69, 9.17) is 34.8 Å². The molecule has 2 fully saturated rings. The van der Waals surface area contributed by atoms with E-state index in [2.05, 4.69) is 20.0 Å². The maximum absolute atomic E-state index is 15.2. The number of aromatic nitrogens is 2. The molecule has 15 heteroatoms. The van der Waals surface area contributed by atoms with E-state index >= 15 is 4.39 Å². The molecule has 0 saturated heterocycles. The molecule has 0 radical (unpaired) electrons. The third kappa shape index (κ3) is 5.33. The Kier molecular flexibility index (Phi) is 7.64. The van der Waals surface area contributed by atoms with Crippen LogP contribution in [-0.4, -0.2) is 53.8 Å². The zero-order chi connectivity index (χ0) is 30.0. The van der Waals surface area contributed by atoms with Crippen LogP contribution in [0.25, 0.3) is 0 Å². The Morgan fingerprint density at radius 2 is 1.85 bits per heavy atom. The summed E-state index contributed by atoms with van der Waals surface area (Å²) in [6.45, 7) is 0. The summed E-state index contributed by atoms with van der Waals surface area (Å²) in [6, 6.07) is 7.64. The van der Waals surface area contributed by atoms with Crippen molar-refractivity contribution in [1.29, 1.82) is 0 Å². The van der Waals surface area contributed by atoms with Gasteiger partial charge in [-0.25, -0.2) is 22.8 Å². The van der Waals surface area contributed by atoms with Crippen LogP contribution in [0.15, 0.2) is 59.9 Å². The maximum atomic E-state index is 15.2. The molecule has 0 unspecified atom stereocenters. The lowest BCUT2D eigenvalue weighted by molar-refractivity contribution is -0.137.